The van der Waals surface area contributed by atoms with E-state index >= 15 is 0 Å². The van der Waals surface area contributed by atoms with E-state index in [4.69, 9.17) is 4.74 Å². The van der Waals surface area contributed by atoms with Crippen LogP contribution >= 0.6 is 0 Å². The summed E-state index contributed by atoms with van der Waals surface area (Å²) in [6, 6.07) is 0.754. The number of hydrogen-bond acceptors (Lipinski definition) is 2. The second kappa shape index (κ2) is 6.19. The molecule has 0 amide bonds. The Kier molecular flexibility index (Phi) is 4.87. The van der Waals surface area contributed by atoms with Crippen molar-refractivity contribution in [2.75, 3.05) is 13.2 Å². The van der Waals surface area contributed by atoms with E-state index in [9.17, 15) is 0 Å². The highest BCUT2D eigenvalue weighted by molar-refractivity contribution is 4.84. The Balaban J connectivity index is 1.74. The normalized spacial score (nSPS) is 42.9. The summed E-state index contributed by atoms with van der Waals surface area (Å²) in [4.78, 5) is 0. The maximum atomic E-state index is 5.76. The number of hydrogen-bond donors (Lipinski definition) is 1. The van der Waals surface area contributed by atoms with Crippen LogP contribution in [0, 0.1) is 17.8 Å². The molecule has 0 aromatic carbocycles. The summed E-state index contributed by atoms with van der Waals surface area (Å²) in [5.74, 6) is 2.54. The Morgan fingerprint density at radius 1 is 1.18 bits per heavy atom. The third-order valence-corrected chi connectivity index (χ3v) is 4.82. The van der Waals surface area contributed by atoms with E-state index in [1.54, 1.807) is 0 Å². The van der Waals surface area contributed by atoms with E-state index in [0.29, 0.717) is 6.10 Å². The first kappa shape index (κ1) is 13.4. The molecule has 0 spiro atoms. The molecule has 1 N–H and O–H groups in total. The summed E-state index contributed by atoms with van der Waals surface area (Å²) >= 11 is 0. The average molecular weight is 239 g/mol. The lowest BCUT2D eigenvalue weighted by molar-refractivity contribution is 0.0849. The molecule has 5 unspecified atom stereocenters. The van der Waals surface area contributed by atoms with Gasteiger partial charge in [-0.2, -0.15) is 0 Å². The van der Waals surface area contributed by atoms with Crippen molar-refractivity contribution in [3.05, 3.63) is 0 Å². The van der Waals surface area contributed by atoms with Crippen LogP contribution in [-0.4, -0.2) is 25.3 Å². The molecule has 2 fully saturated rings. The van der Waals surface area contributed by atoms with Gasteiger partial charge in [-0.15, -0.1) is 0 Å². The van der Waals surface area contributed by atoms with Crippen LogP contribution in [0.5, 0.6) is 0 Å². The first-order valence-electron chi connectivity index (χ1n) is 7.55. The molecule has 100 valence electrons. The molecule has 2 aliphatic rings. The first-order valence-corrected chi connectivity index (χ1v) is 7.55. The highest BCUT2D eigenvalue weighted by Crippen LogP contribution is 2.29. The van der Waals surface area contributed by atoms with Gasteiger partial charge in [0.1, 0.15) is 0 Å². The minimum atomic E-state index is 0.514. The minimum Gasteiger partial charge on any atom is -0.378 e. The largest absolute Gasteiger partial charge is 0.378 e. The van der Waals surface area contributed by atoms with Crippen LogP contribution in [0.4, 0.5) is 0 Å². The van der Waals surface area contributed by atoms with E-state index in [-0.39, 0.29) is 0 Å². The molecular weight excluding hydrogens is 210 g/mol. The summed E-state index contributed by atoms with van der Waals surface area (Å²) in [5, 5.41) is 3.82. The van der Waals surface area contributed by atoms with Crippen molar-refractivity contribution >= 4 is 0 Å². The summed E-state index contributed by atoms with van der Waals surface area (Å²) in [6.07, 6.45) is 7.11. The molecule has 0 aromatic rings. The molecule has 0 bridgehead atoms. The third kappa shape index (κ3) is 3.45. The molecule has 1 aliphatic carbocycles. The van der Waals surface area contributed by atoms with Crippen LogP contribution in [0.1, 0.15) is 52.9 Å². The molecule has 2 nitrogen and oxygen atoms in total. The van der Waals surface area contributed by atoms with Gasteiger partial charge in [0, 0.05) is 19.2 Å². The van der Waals surface area contributed by atoms with E-state index in [1.165, 1.54) is 38.6 Å². The van der Waals surface area contributed by atoms with Crippen molar-refractivity contribution in [1.29, 1.82) is 0 Å². The Hall–Kier alpha value is -0.0800. The lowest BCUT2D eigenvalue weighted by atomic mass is 9.79. The van der Waals surface area contributed by atoms with Gasteiger partial charge in [0.05, 0.1) is 6.10 Å². The number of nitrogens with one attached hydrogen (secondary N) is 1. The third-order valence-electron chi connectivity index (χ3n) is 4.82. The summed E-state index contributed by atoms with van der Waals surface area (Å²) in [7, 11) is 0. The first-order chi connectivity index (χ1) is 8.20. The van der Waals surface area contributed by atoms with E-state index in [1.807, 2.05) is 0 Å². The zero-order valence-electron chi connectivity index (χ0n) is 11.7. The number of rotatable bonds is 4. The summed E-state index contributed by atoms with van der Waals surface area (Å²) in [5.41, 5.74) is 0. The fourth-order valence-electron chi connectivity index (χ4n) is 3.65. The highest BCUT2D eigenvalue weighted by atomic mass is 16.5. The molecule has 0 aromatic heterocycles. The predicted octanol–water partition coefficient (Wildman–Crippen LogP) is 3.22. The molecule has 1 saturated carbocycles. The van der Waals surface area contributed by atoms with Crippen LogP contribution in [0.25, 0.3) is 0 Å². The average Bonchev–Trinajstić information content (AvgIpc) is 2.75. The minimum absolute atomic E-state index is 0.514. The Morgan fingerprint density at radius 3 is 2.71 bits per heavy atom. The van der Waals surface area contributed by atoms with Gasteiger partial charge >= 0.3 is 0 Å². The molecule has 1 aliphatic heterocycles. The van der Waals surface area contributed by atoms with Crippen molar-refractivity contribution in [3.63, 3.8) is 0 Å². The van der Waals surface area contributed by atoms with Gasteiger partial charge in [-0.05, 0) is 49.9 Å². The van der Waals surface area contributed by atoms with Crippen LogP contribution in [0.15, 0.2) is 0 Å². The Labute approximate surface area is 107 Å². The van der Waals surface area contributed by atoms with Crippen molar-refractivity contribution < 1.29 is 4.74 Å². The maximum absolute atomic E-state index is 5.76. The van der Waals surface area contributed by atoms with E-state index in [0.717, 1.165) is 30.4 Å². The molecule has 0 radical (unpaired) electrons. The summed E-state index contributed by atoms with van der Waals surface area (Å²) < 4.78 is 5.76. The van der Waals surface area contributed by atoms with Gasteiger partial charge < -0.3 is 10.1 Å². The molecule has 1 saturated heterocycles. The molecular formula is C15H29NO. The van der Waals surface area contributed by atoms with Crippen LogP contribution in [0.2, 0.25) is 0 Å². The monoisotopic (exact) mass is 239 g/mol. The van der Waals surface area contributed by atoms with Crippen LogP contribution in [0.3, 0.4) is 0 Å². The fourth-order valence-corrected chi connectivity index (χ4v) is 3.65. The zero-order valence-corrected chi connectivity index (χ0v) is 11.7. The lowest BCUT2D eigenvalue weighted by Gasteiger charge is -2.34. The topological polar surface area (TPSA) is 21.3 Å². The Morgan fingerprint density at radius 2 is 2.00 bits per heavy atom. The maximum Gasteiger partial charge on any atom is 0.0613 e. The summed E-state index contributed by atoms with van der Waals surface area (Å²) in [6.45, 7) is 9.19. The van der Waals surface area contributed by atoms with Crippen LogP contribution in [-0.2, 0) is 4.74 Å². The van der Waals surface area contributed by atoms with Gasteiger partial charge in [-0.3, -0.25) is 0 Å². The quantitative estimate of drug-likeness (QED) is 0.813. The molecule has 2 rings (SSSR count). The molecule has 2 heteroatoms. The molecule has 1 heterocycles. The highest BCUT2D eigenvalue weighted by Gasteiger charge is 2.29. The zero-order chi connectivity index (χ0) is 12.3. The fraction of sp³-hybridized carbons (Fsp3) is 1.00. The number of ether oxygens (including phenoxy) is 1. The molecule has 5 atom stereocenters. The van der Waals surface area contributed by atoms with Crippen LogP contribution < -0.4 is 5.32 Å². The predicted molar refractivity (Wildman–Crippen MR) is 72.1 cm³/mol. The van der Waals surface area contributed by atoms with Gasteiger partial charge in [0.15, 0.2) is 0 Å². The van der Waals surface area contributed by atoms with Gasteiger partial charge in [0.25, 0.3) is 0 Å². The second-order valence-corrected chi connectivity index (χ2v) is 6.28. The lowest BCUT2D eigenvalue weighted by Crippen LogP contribution is -2.42. The van der Waals surface area contributed by atoms with Gasteiger partial charge in [0.2, 0.25) is 0 Å². The smallest absolute Gasteiger partial charge is 0.0613 e. The van der Waals surface area contributed by atoms with E-state index in [2.05, 4.69) is 26.1 Å². The van der Waals surface area contributed by atoms with Gasteiger partial charge in [-0.25, -0.2) is 0 Å². The van der Waals surface area contributed by atoms with Crippen molar-refractivity contribution in [3.8, 4) is 0 Å². The standard InChI is InChI=1S/C15H29NO/c1-4-15-13(7-8-17-15)10-16-14-6-5-11(2)9-12(14)3/h11-16H,4-10H2,1-3H3. The van der Waals surface area contributed by atoms with Crippen molar-refractivity contribution in [2.45, 2.75) is 65.0 Å². The van der Waals surface area contributed by atoms with E-state index < -0.39 is 0 Å². The molecule has 17 heavy (non-hydrogen) atoms. The van der Waals surface area contributed by atoms with Gasteiger partial charge in [-0.1, -0.05) is 20.8 Å². The second-order valence-electron chi connectivity index (χ2n) is 6.28. The van der Waals surface area contributed by atoms with Crippen molar-refractivity contribution in [1.82, 2.24) is 5.32 Å². The van der Waals surface area contributed by atoms with Crippen molar-refractivity contribution in [2.24, 2.45) is 17.8 Å². The Bertz CT molecular complexity index is 231. The SMILES string of the molecule is CCC1OCCC1CNC1CCC(C)CC1C.